The molecule has 1 heterocycles. The van der Waals surface area contributed by atoms with E-state index in [1.54, 1.807) is 6.92 Å². The molecule has 0 atom stereocenters. The molecular weight excluding hydrogens is 312 g/mol. The van der Waals surface area contributed by atoms with Gasteiger partial charge in [-0.2, -0.15) is 0 Å². The maximum Gasteiger partial charge on any atom is 0.272 e. The van der Waals surface area contributed by atoms with Crippen LogP contribution in [0.25, 0.3) is 0 Å². The number of aryl methyl sites for hydroxylation is 1. The second kappa shape index (κ2) is 6.57. The molecule has 0 bridgehead atoms. The second-order valence-electron chi connectivity index (χ2n) is 5.45. The Hall–Kier alpha value is -3.09. The minimum absolute atomic E-state index is 0.00640. The van der Waals surface area contributed by atoms with Gasteiger partial charge < -0.3 is 14.8 Å². The first-order valence-corrected chi connectivity index (χ1v) is 7.46. The summed E-state index contributed by atoms with van der Waals surface area (Å²) in [6, 6.07) is 10.00. The van der Waals surface area contributed by atoms with E-state index in [9.17, 15) is 14.9 Å². The van der Waals surface area contributed by atoms with E-state index in [1.165, 1.54) is 18.2 Å². The van der Waals surface area contributed by atoms with E-state index in [-0.39, 0.29) is 18.4 Å². The SMILES string of the molecule is Cc1cc(C(=O)NCCc2ccc3c(c2)OCO3)ccc1[N+](=O)[O-]. The summed E-state index contributed by atoms with van der Waals surface area (Å²) in [4.78, 5) is 22.5. The lowest BCUT2D eigenvalue weighted by Gasteiger charge is -2.07. The van der Waals surface area contributed by atoms with Crippen LogP contribution in [0.1, 0.15) is 21.5 Å². The van der Waals surface area contributed by atoms with Crippen molar-refractivity contribution in [3.63, 3.8) is 0 Å². The van der Waals surface area contributed by atoms with Crippen LogP contribution in [0.3, 0.4) is 0 Å². The van der Waals surface area contributed by atoms with Gasteiger partial charge in [-0.25, -0.2) is 0 Å². The summed E-state index contributed by atoms with van der Waals surface area (Å²) in [5, 5.41) is 13.6. The van der Waals surface area contributed by atoms with Crippen molar-refractivity contribution in [3.05, 3.63) is 63.2 Å². The summed E-state index contributed by atoms with van der Waals surface area (Å²) < 4.78 is 10.6. The number of ether oxygens (including phenoxy) is 2. The van der Waals surface area contributed by atoms with Gasteiger partial charge in [-0.3, -0.25) is 14.9 Å². The summed E-state index contributed by atoms with van der Waals surface area (Å²) in [5.41, 5.74) is 1.90. The molecule has 2 aromatic carbocycles. The molecule has 1 N–H and O–H groups in total. The molecule has 7 heteroatoms. The first kappa shape index (κ1) is 15.8. The maximum absolute atomic E-state index is 12.1. The average molecular weight is 328 g/mol. The van der Waals surface area contributed by atoms with Gasteiger partial charge in [0, 0.05) is 23.7 Å². The molecule has 0 unspecified atom stereocenters. The monoisotopic (exact) mass is 328 g/mol. The van der Waals surface area contributed by atoms with Crippen molar-refractivity contribution in [2.75, 3.05) is 13.3 Å². The van der Waals surface area contributed by atoms with Crippen molar-refractivity contribution in [1.82, 2.24) is 5.32 Å². The number of rotatable bonds is 5. The molecule has 0 saturated carbocycles. The fourth-order valence-electron chi connectivity index (χ4n) is 2.52. The van der Waals surface area contributed by atoms with Crippen LogP contribution in [-0.2, 0) is 6.42 Å². The molecule has 0 radical (unpaired) electrons. The van der Waals surface area contributed by atoms with Crippen LogP contribution in [0.15, 0.2) is 36.4 Å². The number of carbonyl (C=O) groups excluding carboxylic acids is 1. The summed E-state index contributed by atoms with van der Waals surface area (Å²) in [6.07, 6.45) is 0.647. The zero-order valence-electron chi connectivity index (χ0n) is 13.1. The lowest BCUT2D eigenvalue weighted by molar-refractivity contribution is -0.385. The van der Waals surface area contributed by atoms with Crippen LogP contribution in [0.5, 0.6) is 11.5 Å². The van der Waals surface area contributed by atoms with E-state index >= 15 is 0 Å². The van der Waals surface area contributed by atoms with E-state index in [0.717, 1.165) is 11.3 Å². The summed E-state index contributed by atoms with van der Waals surface area (Å²) in [7, 11) is 0. The molecule has 1 aliphatic heterocycles. The molecule has 24 heavy (non-hydrogen) atoms. The molecule has 0 aromatic heterocycles. The van der Waals surface area contributed by atoms with E-state index in [2.05, 4.69) is 5.32 Å². The third-order valence-corrected chi connectivity index (χ3v) is 3.79. The fourth-order valence-corrected chi connectivity index (χ4v) is 2.52. The number of hydrogen-bond acceptors (Lipinski definition) is 5. The lowest BCUT2D eigenvalue weighted by Crippen LogP contribution is -2.25. The van der Waals surface area contributed by atoms with Crippen molar-refractivity contribution in [2.24, 2.45) is 0 Å². The minimum atomic E-state index is -0.462. The lowest BCUT2D eigenvalue weighted by atomic mass is 10.1. The maximum atomic E-state index is 12.1. The van der Waals surface area contributed by atoms with Gasteiger partial charge in [-0.1, -0.05) is 6.07 Å². The first-order chi connectivity index (χ1) is 11.5. The molecule has 2 aromatic rings. The number of hydrogen-bond donors (Lipinski definition) is 1. The number of benzene rings is 2. The third kappa shape index (κ3) is 3.29. The Labute approximate surface area is 138 Å². The van der Waals surface area contributed by atoms with Crippen molar-refractivity contribution < 1.29 is 19.2 Å². The Bertz CT molecular complexity index is 804. The third-order valence-electron chi connectivity index (χ3n) is 3.79. The van der Waals surface area contributed by atoms with Gasteiger partial charge in [-0.15, -0.1) is 0 Å². The number of fused-ring (bicyclic) bond motifs is 1. The second-order valence-corrected chi connectivity index (χ2v) is 5.45. The van der Waals surface area contributed by atoms with Gasteiger partial charge in [0.2, 0.25) is 6.79 Å². The van der Waals surface area contributed by atoms with Crippen LogP contribution in [0, 0.1) is 17.0 Å². The molecular formula is C17H16N2O5. The molecule has 124 valence electrons. The number of nitro groups is 1. The molecule has 7 nitrogen and oxygen atoms in total. The van der Waals surface area contributed by atoms with Gasteiger partial charge in [-0.05, 0) is 43.2 Å². The van der Waals surface area contributed by atoms with Gasteiger partial charge >= 0.3 is 0 Å². The molecule has 0 aliphatic carbocycles. The van der Waals surface area contributed by atoms with Crippen LogP contribution in [0.4, 0.5) is 5.69 Å². The average Bonchev–Trinajstić information content (AvgIpc) is 3.02. The Morgan fingerprint density at radius 3 is 2.75 bits per heavy atom. The van der Waals surface area contributed by atoms with Crippen molar-refractivity contribution >= 4 is 11.6 Å². The largest absolute Gasteiger partial charge is 0.454 e. The van der Waals surface area contributed by atoms with Crippen LogP contribution >= 0.6 is 0 Å². The highest BCUT2D eigenvalue weighted by Crippen LogP contribution is 2.32. The van der Waals surface area contributed by atoms with Gasteiger partial charge in [0.25, 0.3) is 11.6 Å². The molecule has 1 aliphatic rings. The predicted molar refractivity (Wildman–Crippen MR) is 86.4 cm³/mol. The van der Waals surface area contributed by atoms with E-state index in [4.69, 9.17) is 9.47 Å². The Morgan fingerprint density at radius 1 is 1.21 bits per heavy atom. The highest BCUT2D eigenvalue weighted by atomic mass is 16.7. The minimum Gasteiger partial charge on any atom is -0.454 e. The Balaban J connectivity index is 1.58. The molecule has 3 rings (SSSR count). The number of amides is 1. The van der Waals surface area contributed by atoms with Crippen LogP contribution in [-0.4, -0.2) is 24.2 Å². The number of nitrogens with zero attached hydrogens (tertiary/aromatic N) is 1. The Kier molecular flexibility index (Phi) is 4.33. The van der Waals surface area contributed by atoms with Crippen LogP contribution < -0.4 is 14.8 Å². The van der Waals surface area contributed by atoms with E-state index in [1.807, 2.05) is 18.2 Å². The van der Waals surface area contributed by atoms with E-state index in [0.29, 0.717) is 29.8 Å². The summed E-state index contributed by atoms with van der Waals surface area (Å²) in [6.45, 7) is 2.30. The zero-order chi connectivity index (χ0) is 17.1. The van der Waals surface area contributed by atoms with Gasteiger partial charge in [0.15, 0.2) is 11.5 Å². The quantitative estimate of drug-likeness (QED) is 0.673. The summed E-state index contributed by atoms with van der Waals surface area (Å²) in [5.74, 6) is 1.18. The molecule has 0 spiro atoms. The number of carbonyl (C=O) groups is 1. The highest BCUT2D eigenvalue weighted by molar-refractivity contribution is 5.94. The molecule has 0 saturated heterocycles. The normalized spacial score (nSPS) is 12.0. The standard InChI is InChI=1S/C17H16N2O5/c1-11-8-13(3-4-14(11)19(21)22)17(20)18-7-6-12-2-5-15-16(9-12)24-10-23-15/h2-5,8-9H,6-7,10H2,1H3,(H,18,20). The topological polar surface area (TPSA) is 90.7 Å². The highest BCUT2D eigenvalue weighted by Gasteiger charge is 2.15. The van der Waals surface area contributed by atoms with Crippen LogP contribution in [0.2, 0.25) is 0 Å². The zero-order valence-corrected chi connectivity index (χ0v) is 13.1. The van der Waals surface area contributed by atoms with Gasteiger partial charge in [0.05, 0.1) is 4.92 Å². The predicted octanol–water partition coefficient (Wildman–Crippen LogP) is 2.60. The molecule has 0 fully saturated rings. The van der Waals surface area contributed by atoms with Crippen molar-refractivity contribution in [2.45, 2.75) is 13.3 Å². The number of nitrogens with one attached hydrogen (secondary N) is 1. The van der Waals surface area contributed by atoms with E-state index < -0.39 is 4.92 Å². The number of nitro benzene ring substituents is 1. The summed E-state index contributed by atoms with van der Waals surface area (Å²) >= 11 is 0. The first-order valence-electron chi connectivity index (χ1n) is 7.46. The van der Waals surface area contributed by atoms with Gasteiger partial charge in [0.1, 0.15) is 0 Å². The fraction of sp³-hybridized carbons (Fsp3) is 0.235. The molecule has 1 amide bonds. The van der Waals surface area contributed by atoms with Crippen molar-refractivity contribution in [3.8, 4) is 11.5 Å². The Morgan fingerprint density at radius 2 is 2.00 bits per heavy atom. The van der Waals surface area contributed by atoms with Crippen molar-refractivity contribution in [1.29, 1.82) is 0 Å². The smallest absolute Gasteiger partial charge is 0.272 e.